The van der Waals surface area contributed by atoms with Crippen molar-refractivity contribution in [3.63, 3.8) is 0 Å². The van der Waals surface area contributed by atoms with E-state index in [-0.39, 0.29) is 0 Å². The van der Waals surface area contributed by atoms with Gasteiger partial charge in [-0.3, -0.25) is 4.79 Å². The van der Waals surface area contributed by atoms with Crippen LogP contribution in [0, 0.1) is 18.3 Å². The molecule has 1 unspecified atom stereocenters. The molecule has 0 aliphatic carbocycles. The Hall–Kier alpha value is -0.970. The van der Waals surface area contributed by atoms with Gasteiger partial charge >= 0.3 is 0 Å². The van der Waals surface area contributed by atoms with Gasteiger partial charge in [-0.05, 0) is 25.2 Å². The van der Waals surface area contributed by atoms with Crippen LogP contribution in [-0.4, -0.2) is 23.9 Å². The number of carbonyl (C=O) groups is 1. The standard InChI is InChI=1S/C14H23NO/c1-3-5-6-11-15-12-10-13(7-4-2)8-9-14(15)16/h1,13H,4-12H2,2H3. The summed E-state index contributed by atoms with van der Waals surface area (Å²) in [5, 5.41) is 0. The van der Waals surface area contributed by atoms with Crippen LogP contribution in [0.25, 0.3) is 0 Å². The van der Waals surface area contributed by atoms with E-state index in [0.29, 0.717) is 5.91 Å². The fourth-order valence-electron chi connectivity index (χ4n) is 2.40. The van der Waals surface area contributed by atoms with Gasteiger partial charge in [0, 0.05) is 25.9 Å². The van der Waals surface area contributed by atoms with Gasteiger partial charge in [0.1, 0.15) is 0 Å². The Morgan fingerprint density at radius 3 is 3.00 bits per heavy atom. The first-order valence-electron chi connectivity index (χ1n) is 6.49. The molecule has 0 N–H and O–H groups in total. The van der Waals surface area contributed by atoms with E-state index in [4.69, 9.17) is 6.42 Å². The molecule has 0 aromatic carbocycles. The molecular weight excluding hydrogens is 198 g/mol. The first kappa shape index (κ1) is 13.1. The van der Waals surface area contributed by atoms with Gasteiger partial charge in [0.2, 0.25) is 5.91 Å². The van der Waals surface area contributed by atoms with E-state index in [1.165, 1.54) is 19.3 Å². The van der Waals surface area contributed by atoms with Crippen LogP contribution in [0.5, 0.6) is 0 Å². The summed E-state index contributed by atoms with van der Waals surface area (Å²) in [5.41, 5.74) is 0. The molecular formula is C14H23NO. The fraction of sp³-hybridized carbons (Fsp3) is 0.786. The third-order valence-electron chi connectivity index (χ3n) is 3.37. The number of hydrogen-bond donors (Lipinski definition) is 0. The average molecular weight is 221 g/mol. The summed E-state index contributed by atoms with van der Waals surface area (Å²) in [6, 6.07) is 0. The molecule has 1 fully saturated rings. The molecule has 90 valence electrons. The minimum Gasteiger partial charge on any atom is -0.343 e. The molecule has 0 aromatic rings. The Morgan fingerprint density at radius 1 is 1.50 bits per heavy atom. The van der Waals surface area contributed by atoms with Crippen molar-refractivity contribution < 1.29 is 4.79 Å². The van der Waals surface area contributed by atoms with E-state index in [1.807, 2.05) is 4.90 Å². The largest absolute Gasteiger partial charge is 0.343 e. The van der Waals surface area contributed by atoms with E-state index in [2.05, 4.69) is 12.8 Å². The van der Waals surface area contributed by atoms with Gasteiger partial charge in [-0.1, -0.05) is 19.8 Å². The summed E-state index contributed by atoms with van der Waals surface area (Å²) in [4.78, 5) is 13.8. The molecule has 0 radical (unpaired) electrons. The Balaban J connectivity index is 2.35. The maximum atomic E-state index is 11.8. The Morgan fingerprint density at radius 2 is 2.31 bits per heavy atom. The first-order valence-corrected chi connectivity index (χ1v) is 6.49. The quantitative estimate of drug-likeness (QED) is 0.516. The Labute approximate surface area is 99.4 Å². The third-order valence-corrected chi connectivity index (χ3v) is 3.37. The van der Waals surface area contributed by atoms with Crippen LogP contribution >= 0.6 is 0 Å². The lowest BCUT2D eigenvalue weighted by Crippen LogP contribution is -2.31. The molecule has 2 heteroatoms. The first-order chi connectivity index (χ1) is 7.77. The molecule has 16 heavy (non-hydrogen) atoms. The van der Waals surface area contributed by atoms with Gasteiger partial charge in [-0.25, -0.2) is 0 Å². The Bertz CT molecular complexity index is 254. The summed E-state index contributed by atoms with van der Waals surface area (Å²) in [5.74, 6) is 3.71. The van der Waals surface area contributed by atoms with Gasteiger partial charge in [0.15, 0.2) is 0 Å². The number of rotatable bonds is 5. The Kier molecular flexibility index (Phi) is 6.00. The molecule has 0 spiro atoms. The lowest BCUT2D eigenvalue weighted by Gasteiger charge is -2.20. The van der Waals surface area contributed by atoms with E-state index in [9.17, 15) is 4.79 Å². The molecule has 1 saturated heterocycles. The van der Waals surface area contributed by atoms with E-state index >= 15 is 0 Å². The second-order valence-corrected chi connectivity index (χ2v) is 4.67. The van der Waals surface area contributed by atoms with E-state index in [0.717, 1.165) is 44.7 Å². The molecule has 1 aliphatic rings. The molecule has 1 amide bonds. The number of nitrogens with zero attached hydrogens (tertiary/aromatic N) is 1. The van der Waals surface area contributed by atoms with Crippen molar-refractivity contribution in [1.82, 2.24) is 4.90 Å². The number of unbranched alkanes of at least 4 members (excludes halogenated alkanes) is 1. The highest BCUT2D eigenvalue weighted by Crippen LogP contribution is 2.22. The lowest BCUT2D eigenvalue weighted by molar-refractivity contribution is -0.130. The highest BCUT2D eigenvalue weighted by Gasteiger charge is 2.21. The van der Waals surface area contributed by atoms with Crippen molar-refractivity contribution in [2.75, 3.05) is 13.1 Å². The van der Waals surface area contributed by atoms with Crippen molar-refractivity contribution in [2.45, 2.75) is 51.9 Å². The third kappa shape index (κ3) is 4.26. The van der Waals surface area contributed by atoms with Crippen molar-refractivity contribution >= 4 is 5.91 Å². The normalized spacial score (nSPS) is 21.6. The average Bonchev–Trinajstić information content (AvgIpc) is 2.45. The topological polar surface area (TPSA) is 20.3 Å². The van der Waals surface area contributed by atoms with Gasteiger partial charge in [0.05, 0.1) is 0 Å². The number of amides is 1. The monoisotopic (exact) mass is 221 g/mol. The molecule has 2 nitrogen and oxygen atoms in total. The minimum absolute atomic E-state index is 0.329. The van der Waals surface area contributed by atoms with Crippen molar-refractivity contribution in [3.8, 4) is 12.3 Å². The van der Waals surface area contributed by atoms with E-state index < -0.39 is 0 Å². The van der Waals surface area contributed by atoms with Gasteiger partial charge < -0.3 is 4.90 Å². The molecule has 0 aromatic heterocycles. The zero-order valence-corrected chi connectivity index (χ0v) is 10.4. The molecule has 1 aliphatic heterocycles. The predicted molar refractivity (Wildman–Crippen MR) is 66.9 cm³/mol. The van der Waals surface area contributed by atoms with Gasteiger partial charge in [-0.2, -0.15) is 0 Å². The smallest absolute Gasteiger partial charge is 0.222 e. The second kappa shape index (κ2) is 7.33. The van der Waals surface area contributed by atoms with Crippen LogP contribution in [0.3, 0.4) is 0 Å². The van der Waals surface area contributed by atoms with Crippen LogP contribution < -0.4 is 0 Å². The summed E-state index contributed by atoms with van der Waals surface area (Å²) >= 11 is 0. The summed E-state index contributed by atoms with van der Waals surface area (Å²) in [6.07, 6.45) is 12.4. The van der Waals surface area contributed by atoms with Gasteiger partial charge in [0.25, 0.3) is 0 Å². The van der Waals surface area contributed by atoms with Crippen LogP contribution in [0.4, 0.5) is 0 Å². The van der Waals surface area contributed by atoms with Crippen LogP contribution in [0.1, 0.15) is 51.9 Å². The second-order valence-electron chi connectivity index (χ2n) is 4.67. The highest BCUT2D eigenvalue weighted by atomic mass is 16.2. The predicted octanol–water partition coefficient (Wildman–Crippen LogP) is 2.83. The number of hydrogen-bond acceptors (Lipinski definition) is 1. The zero-order valence-electron chi connectivity index (χ0n) is 10.4. The summed E-state index contributed by atoms with van der Waals surface area (Å²) < 4.78 is 0. The lowest BCUT2D eigenvalue weighted by atomic mass is 9.96. The van der Waals surface area contributed by atoms with Crippen molar-refractivity contribution in [1.29, 1.82) is 0 Å². The SMILES string of the molecule is C#CCCCN1CCC(CCC)CCC1=O. The molecule has 1 rings (SSSR count). The van der Waals surface area contributed by atoms with Crippen molar-refractivity contribution in [2.24, 2.45) is 5.92 Å². The number of terminal acetylenes is 1. The highest BCUT2D eigenvalue weighted by molar-refractivity contribution is 5.76. The number of carbonyl (C=O) groups excluding carboxylic acids is 1. The maximum Gasteiger partial charge on any atom is 0.222 e. The minimum atomic E-state index is 0.329. The fourth-order valence-corrected chi connectivity index (χ4v) is 2.40. The zero-order chi connectivity index (χ0) is 11.8. The van der Waals surface area contributed by atoms with Crippen LogP contribution in [0.15, 0.2) is 0 Å². The molecule has 1 atom stereocenters. The molecule has 0 saturated carbocycles. The summed E-state index contributed by atoms with van der Waals surface area (Å²) in [7, 11) is 0. The maximum absolute atomic E-state index is 11.8. The van der Waals surface area contributed by atoms with Crippen LogP contribution in [0.2, 0.25) is 0 Å². The number of likely N-dealkylation sites (tertiary alicyclic amines) is 1. The van der Waals surface area contributed by atoms with Crippen molar-refractivity contribution in [3.05, 3.63) is 0 Å². The summed E-state index contributed by atoms with van der Waals surface area (Å²) in [6.45, 7) is 4.01. The molecule has 0 bridgehead atoms. The van der Waals surface area contributed by atoms with E-state index in [1.54, 1.807) is 0 Å². The van der Waals surface area contributed by atoms with Gasteiger partial charge in [-0.15, -0.1) is 12.3 Å². The molecule has 1 heterocycles. The van der Waals surface area contributed by atoms with Crippen LogP contribution in [-0.2, 0) is 4.79 Å².